The summed E-state index contributed by atoms with van der Waals surface area (Å²) in [6.07, 6.45) is 2.47. The molecule has 14 heavy (non-hydrogen) atoms. The molecule has 2 rings (SSSR count). The lowest BCUT2D eigenvalue weighted by Gasteiger charge is -2.27. The highest BCUT2D eigenvalue weighted by Crippen LogP contribution is 2.26. The third-order valence-corrected chi connectivity index (χ3v) is 4.16. The highest BCUT2D eigenvalue weighted by atomic mass is 32.2. The SMILES string of the molecule is CC1CC(NC2=NCCCN2C)CS1. The number of hydrogen-bond donors (Lipinski definition) is 1. The Hall–Kier alpha value is -0.380. The second-order valence-electron chi connectivity index (χ2n) is 4.20. The first kappa shape index (κ1) is 10.1. The third kappa shape index (κ3) is 2.35. The number of rotatable bonds is 1. The molecule has 1 fully saturated rings. The second kappa shape index (κ2) is 4.43. The first-order chi connectivity index (χ1) is 6.75. The van der Waals surface area contributed by atoms with Gasteiger partial charge in [-0.05, 0) is 12.8 Å². The first-order valence-electron chi connectivity index (χ1n) is 5.39. The highest BCUT2D eigenvalue weighted by molar-refractivity contribution is 8.00. The van der Waals surface area contributed by atoms with Gasteiger partial charge in [0.2, 0.25) is 0 Å². The van der Waals surface area contributed by atoms with Crippen LogP contribution in [0.25, 0.3) is 0 Å². The fraction of sp³-hybridized carbons (Fsp3) is 0.900. The van der Waals surface area contributed by atoms with E-state index >= 15 is 0 Å². The van der Waals surface area contributed by atoms with Crippen molar-refractivity contribution < 1.29 is 0 Å². The van der Waals surface area contributed by atoms with Crippen molar-refractivity contribution in [3.63, 3.8) is 0 Å². The summed E-state index contributed by atoms with van der Waals surface area (Å²) in [5.41, 5.74) is 0. The van der Waals surface area contributed by atoms with E-state index in [1.807, 2.05) is 0 Å². The topological polar surface area (TPSA) is 27.6 Å². The molecule has 2 aliphatic rings. The standard InChI is InChI=1S/C10H19N3S/c1-8-6-9(7-14-8)12-10-11-4-3-5-13(10)2/h8-9H,3-7H2,1-2H3,(H,11,12). The molecule has 0 spiro atoms. The first-order valence-corrected chi connectivity index (χ1v) is 6.44. The molecule has 4 heteroatoms. The van der Waals surface area contributed by atoms with Crippen LogP contribution >= 0.6 is 11.8 Å². The van der Waals surface area contributed by atoms with Gasteiger partial charge in [0, 0.05) is 37.2 Å². The van der Waals surface area contributed by atoms with Gasteiger partial charge in [-0.3, -0.25) is 4.99 Å². The van der Waals surface area contributed by atoms with E-state index in [4.69, 9.17) is 0 Å². The lowest BCUT2D eigenvalue weighted by atomic mass is 10.2. The van der Waals surface area contributed by atoms with Crippen molar-refractivity contribution >= 4 is 17.7 Å². The molecule has 0 aliphatic carbocycles. The van der Waals surface area contributed by atoms with E-state index < -0.39 is 0 Å². The van der Waals surface area contributed by atoms with E-state index in [2.05, 4.69) is 40.9 Å². The molecule has 0 aromatic rings. The van der Waals surface area contributed by atoms with Gasteiger partial charge in [0.1, 0.15) is 0 Å². The fourth-order valence-corrected chi connectivity index (χ4v) is 3.12. The molecule has 0 saturated carbocycles. The maximum absolute atomic E-state index is 4.52. The van der Waals surface area contributed by atoms with Crippen molar-refractivity contribution in [2.24, 2.45) is 4.99 Å². The number of nitrogens with one attached hydrogen (secondary N) is 1. The predicted molar refractivity (Wildman–Crippen MR) is 63.0 cm³/mol. The summed E-state index contributed by atoms with van der Waals surface area (Å²) in [5.74, 6) is 2.34. The van der Waals surface area contributed by atoms with Gasteiger partial charge in [-0.2, -0.15) is 11.8 Å². The van der Waals surface area contributed by atoms with E-state index in [0.29, 0.717) is 6.04 Å². The van der Waals surface area contributed by atoms with Crippen molar-refractivity contribution in [3.8, 4) is 0 Å². The average Bonchev–Trinajstić information content (AvgIpc) is 2.56. The van der Waals surface area contributed by atoms with Crippen LogP contribution in [0.1, 0.15) is 19.8 Å². The van der Waals surface area contributed by atoms with Gasteiger partial charge in [0.05, 0.1) is 0 Å². The van der Waals surface area contributed by atoms with Crippen molar-refractivity contribution in [2.45, 2.75) is 31.1 Å². The molecule has 0 radical (unpaired) electrons. The molecule has 2 aliphatic heterocycles. The maximum Gasteiger partial charge on any atom is 0.193 e. The van der Waals surface area contributed by atoms with Gasteiger partial charge in [0.15, 0.2) is 5.96 Å². The predicted octanol–water partition coefficient (Wildman–Crippen LogP) is 1.16. The highest BCUT2D eigenvalue weighted by Gasteiger charge is 2.24. The van der Waals surface area contributed by atoms with E-state index in [-0.39, 0.29) is 0 Å². The molecule has 2 heterocycles. The van der Waals surface area contributed by atoms with Gasteiger partial charge < -0.3 is 10.2 Å². The van der Waals surface area contributed by atoms with Gasteiger partial charge in [0.25, 0.3) is 0 Å². The monoisotopic (exact) mass is 213 g/mol. The average molecular weight is 213 g/mol. The second-order valence-corrected chi connectivity index (χ2v) is 5.67. The molecular formula is C10H19N3S. The van der Waals surface area contributed by atoms with Crippen molar-refractivity contribution in [1.82, 2.24) is 10.2 Å². The maximum atomic E-state index is 4.52. The van der Waals surface area contributed by atoms with Crippen LogP contribution in [0.15, 0.2) is 4.99 Å². The number of guanidine groups is 1. The van der Waals surface area contributed by atoms with Crippen LogP contribution in [0.2, 0.25) is 0 Å². The van der Waals surface area contributed by atoms with Crippen LogP contribution in [-0.2, 0) is 0 Å². The number of hydrogen-bond acceptors (Lipinski definition) is 4. The Bertz CT molecular complexity index is 229. The number of aliphatic imine (C=N–C) groups is 1. The van der Waals surface area contributed by atoms with Gasteiger partial charge in [-0.25, -0.2) is 0 Å². The number of thioether (sulfide) groups is 1. The van der Waals surface area contributed by atoms with Crippen LogP contribution < -0.4 is 5.32 Å². The summed E-state index contributed by atoms with van der Waals surface area (Å²) in [5, 5.41) is 4.36. The molecule has 2 unspecified atom stereocenters. The minimum atomic E-state index is 0.634. The molecule has 0 aromatic heterocycles. The van der Waals surface area contributed by atoms with Crippen molar-refractivity contribution in [2.75, 3.05) is 25.9 Å². The molecule has 0 aromatic carbocycles. The molecule has 80 valence electrons. The Balaban J connectivity index is 1.87. The van der Waals surface area contributed by atoms with Crippen LogP contribution in [0.3, 0.4) is 0 Å². The Morgan fingerprint density at radius 3 is 3.07 bits per heavy atom. The smallest absolute Gasteiger partial charge is 0.193 e. The largest absolute Gasteiger partial charge is 0.353 e. The van der Waals surface area contributed by atoms with E-state index in [0.717, 1.165) is 24.3 Å². The summed E-state index contributed by atoms with van der Waals surface area (Å²) < 4.78 is 0. The van der Waals surface area contributed by atoms with E-state index in [1.54, 1.807) is 0 Å². The zero-order chi connectivity index (χ0) is 9.97. The quantitative estimate of drug-likeness (QED) is 0.708. The zero-order valence-corrected chi connectivity index (χ0v) is 9.81. The fourth-order valence-electron chi connectivity index (χ4n) is 1.98. The van der Waals surface area contributed by atoms with E-state index in [1.165, 1.54) is 18.6 Å². The van der Waals surface area contributed by atoms with Crippen LogP contribution in [-0.4, -0.2) is 48.0 Å². The molecule has 2 atom stereocenters. The number of nitrogens with zero attached hydrogens (tertiary/aromatic N) is 2. The summed E-state index contributed by atoms with van der Waals surface area (Å²) in [7, 11) is 2.12. The van der Waals surface area contributed by atoms with Crippen LogP contribution in [0.5, 0.6) is 0 Å². The Morgan fingerprint density at radius 2 is 2.43 bits per heavy atom. The normalized spacial score (nSPS) is 33.0. The Morgan fingerprint density at radius 1 is 1.57 bits per heavy atom. The zero-order valence-electron chi connectivity index (χ0n) is 8.99. The summed E-state index contributed by atoms with van der Waals surface area (Å²) in [6.45, 7) is 4.43. The van der Waals surface area contributed by atoms with Gasteiger partial charge >= 0.3 is 0 Å². The lowest BCUT2D eigenvalue weighted by molar-refractivity contribution is 0.435. The summed E-state index contributed by atoms with van der Waals surface area (Å²) in [4.78, 5) is 6.75. The molecule has 3 nitrogen and oxygen atoms in total. The molecular weight excluding hydrogens is 194 g/mol. The Kier molecular flexibility index (Phi) is 3.21. The summed E-state index contributed by atoms with van der Waals surface area (Å²) >= 11 is 2.06. The minimum Gasteiger partial charge on any atom is -0.353 e. The van der Waals surface area contributed by atoms with Gasteiger partial charge in [-0.1, -0.05) is 6.92 Å². The lowest BCUT2D eigenvalue weighted by Crippen LogP contribution is -2.46. The summed E-state index contributed by atoms with van der Waals surface area (Å²) in [6, 6.07) is 0.634. The Labute approximate surface area is 90.3 Å². The van der Waals surface area contributed by atoms with Crippen molar-refractivity contribution in [3.05, 3.63) is 0 Å². The molecule has 1 saturated heterocycles. The molecule has 0 bridgehead atoms. The van der Waals surface area contributed by atoms with Crippen molar-refractivity contribution in [1.29, 1.82) is 0 Å². The van der Waals surface area contributed by atoms with E-state index in [9.17, 15) is 0 Å². The van der Waals surface area contributed by atoms with Crippen LogP contribution in [0.4, 0.5) is 0 Å². The molecule has 0 amide bonds. The van der Waals surface area contributed by atoms with Gasteiger partial charge in [-0.15, -0.1) is 0 Å². The molecule has 1 N–H and O–H groups in total. The van der Waals surface area contributed by atoms with Crippen LogP contribution in [0, 0.1) is 0 Å². The minimum absolute atomic E-state index is 0.634. The third-order valence-electron chi connectivity index (χ3n) is 2.81.